The van der Waals surface area contributed by atoms with Crippen molar-refractivity contribution in [3.05, 3.63) is 66.0 Å². The Morgan fingerprint density at radius 2 is 2.17 bits per heavy atom. The highest BCUT2D eigenvalue weighted by atomic mass is 32.2. The number of amides is 1. The zero-order valence-electron chi connectivity index (χ0n) is 16.1. The average Bonchev–Trinajstić information content (AvgIpc) is 3.34. The molecule has 2 aromatic rings. The number of carbonyl (C=O) groups is 2. The van der Waals surface area contributed by atoms with E-state index < -0.39 is 6.09 Å². The zero-order valence-corrected chi connectivity index (χ0v) is 16.9. The summed E-state index contributed by atoms with van der Waals surface area (Å²) in [6, 6.07) is 9.02. The Balaban J connectivity index is 1.71. The van der Waals surface area contributed by atoms with E-state index in [2.05, 4.69) is 16.8 Å². The molecule has 1 aromatic heterocycles. The lowest BCUT2D eigenvalue weighted by atomic mass is 10.0. The van der Waals surface area contributed by atoms with Crippen molar-refractivity contribution in [2.75, 3.05) is 19.8 Å². The van der Waals surface area contributed by atoms with Crippen LogP contribution < -0.4 is 0 Å². The SMILES string of the molecule is C=CCOC(=O)N1CC(SC(=O)c2ccccc2)CC1Cc1[nH]ncc1CCO. The first kappa shape index (κ1) is 21.1. The minimum absolute atomic E-state index is 0.00170. The molecule has 154 valence electrons. The summed E-state index contributed by atoms with van der Waals surface area (Å²) in [6.45, 7) is 4.19. The average molecular weight is 416 g/mol. The summed E-state index contributed by atoms with van der Waals surface area (Å²) in [4.78, 5) is 26.8. The number of rotatable bonds is 8. The van der Waals surface area contributed by atoms with Crippen LogP contribution in [0.1, 0.15) is 28.0 Å². The van der Waals surface area contributed by atoms with Crippen molar-refractivity contribution in [2.24, 2.45) is 0 Å². The molecule has 2 N–H and O–H groups in total. The number of thioether (sulfide) groups is 1. The summed E-state index contributed by atoms with van der Waals surface area (Å²) in [5.74, 6) is 0. The van der Waals surface area contributed by atoms with Crippen LogP contribution in [0.4, 0.5) is 4.79 Å². The predicted molar refractivity (Wildman–Crippen MR) is 112 cm³/mol. The van der Waals surface area contributed by atoms with E-state index in [-0.39, 0.29) is 29.6 Å². The van der Waals surface area contributed by atoms with E-state index in [0.29, 0.717) is 31.4 Å². The number of aromatic amines is 1. The molecule has 0 saturated carbocycles. The quantitative estimate of drug-likeness (QED) is 0.644. The van der Waals surface area contributed by atoms with Gasteiger partial charge in [0.2, 0.25) is 5.12 Å². The number of likely N-dealkylation sites (tertiary alicyclic amines) is 1. The fourth-order valence-corrected chi connectivity index (χ4v) is 4.60. The van der Waals surface area contributed by atoms with Crippen molar-refractivity contribution >= 4 is 23.0 Å². The number of nitrogens with one attached hydrogen (secondary N) is 1. The number of nitrogens with zero attached hydrogens (tertiary/aromatic N) is 2. The molecule has 0 radical (unpaired) electrons. The molecule has 29 heavy (non-hydrogen) atoms. The Morgan fingerprint density at radius 1 is 1.38 bits per heavy atom. The standard InChI is InChI=1S/C21H25N3O4S/c1-2-10-28-21(27)24-14-18(29-20(26)15-6-4-3-5-7-15)11-17(24)12-19-16(8-9-25)13-22-23-19/h2-7,13,17-18,25H,1,8-12,14H2,(H,22,23). The number of ether oxygens (including phenoxy) is 1. The summed E-state index contributed by atoms with van der Waals surface area (Å²) in [7, 11) is 0. The first-order valence-electron chi connectivity index (χ1n) is 9.54. The number of aromatic nitrogens is 2. The van der Waals surface area contributed by atoms with Gasteiger partial charge in [-0.3, -0.25) is 9.89 Å². The molecule has 2 heterocycles. The van der Waals surface area contributed by atoms with Gasteiger partial charge in [0, 0.05) is 42.1 Å². The molecule has 8 heteroatoms. The summed E-state index contributed by atoms with van der Waals surface area (Å²) < 4.78 is 5.25. The summed E-state index contributed by atoms with van der Waals surface area (Å²) in [6.07, 6.45) is 4.56. The third-order valence-corrected chi connectivity index (χ3v) is 5.97. The monoisotopic (exact) mass is 415 g/mol. The van der Waals surface area contributed by atoms with Crippen LogP contribution in [0.3, 0.4) is 0 Å². The second kappa shape index (κ2) is 10.3. The summed E-state index contributed by atoms with van der Waals surface area (Å²) in [5, 5.41) is 16.2. The zero-order chi connectivity index (χ0) is 20.6. The Morgan fingerprint density at radius 3 is 2.90 bits per heavy atom. The number of aliphatic hydroxyl groups is 1. The lowest BCUT2D eigenvalue weighted by molar-refractivity contribution is 0.107. The van der Waals surface area contributed by atoms with Crippen LogP contribution >= 0.6 is 11.8 Å². The number of benzene rings is 1. The minimum atomic E-state index is -0.409. The molecule has 2 atom stereocenters. The second-order valence-corrected chi connectivity index (χ2v) is 8.13. The lowest BCUT2D eigenvalue weighted by Gasteiger charge is -2.23. The maximum absolute atomic E-state index is 12.6. The molecule has 0 spiro atoms. The number of H-pyrrole nitrogens is 1. The van der Waals surface area contributed by atoms with Crippen molar-refractivity contribution in [3.8, 4) is 0 Å². The molecular weight excluding hydrogens is 390 g/mol. The third-order valence-electron chi connectivity index (χ3n) is 4.85. The van der Waals surface area contributed by atoms with Gasteiger partial charge >= 0.3 is 6.09 Å². The van der Waals surface area contributed by atoms with Crippen LogP contribution in [-0.2, 0) is 17.6 Å². The molecule has 2 unspecified atom stereocenters. The van der Waals surface area contributed by atoms with Gasteiger partial charge in [-0.2, -0.15) is 5.10 Å². The van der Waals surface area contributed by atoms with Gasteiger partial charge in [0.1, 0.15) is 6.61 Å². The summed E-state index contributed by atoms with van der Waals surface area (Å²) >= 11 is 1.26. The van der Waals surface area contributed by atoms with E-state index in [1.165, 1.54) is 17.8 Å². The molecule has 1 fully saturated rings. The lowest BCUT2D eigenvalue weighted by Crippen LogP contribution is -2.37. The molecule has 1 aromatic carbocycles. The van der Waals surface area contributed by atoms with Gasteiger partial charge in [-0.05, 0) is 18.4 Å². The van der Waals surface area contributed by atoms with E-state index in [0.717, 1.165) is 11.3 Å². The maximum atomic E-state index is 12.6. The molecule has 1 saturated heterocycles. The highest BCUT2D eigenvalue weighted by Crippen LogP contribution is 2.32. The van der Waals surface area contributed by atoms with Crippen molar-refractivity contribution in [2.45, 2.75) is 30.6 Å². The Kier molecular flexibility index (Phi) is 7.48. The van der Waals surface area contributed by atoms with Gasteiger partial charge in [0.25, 0.3) is 0 Å². The van der Waals surface area contributed by atoms with Gasteiger partial charge in [-0.15, -0.1) is 0 Å². The third kappa shape index (κ3) is 5.48. The van der Waals surface area contributed by atoms with Gasteiger partial charge in [-0.25, -0.2) is 4.79 Å². The van der Waals surface area contributed by atoms with Crippen LogP contribution in [0.2, 0.25) is 0 Å². The molecule has 1 aliphatic heterocycles. The van der Waals surface area contributed by atoms with E-state index in [1.807, 2.05) is 18.2 Å². The first-order chi connectivity index (χ1) is 14.1. The van der Waals surface area contributed by atoms with Crippen molar-refractivity contribution in [1.29, 1.82) is 0 Å². The number of aliphatic hydroxyl groups excluding tert-OH is 1. The first-order valence-corrected chi connectivity index (χ1v) is 10.4. The topological polar surface area (TPSA) is 95.5 Å². The van der Waals surface area contributed by atoms with E-state index in [4.69, 9.17) is 4.74 Å². The molecule has 1 aliphatic rings. The largest absolute Gasteiger partial charge is 0.445 e. The van der Waals surface area contributed by atoms with Crippen LogP contribution in [0.25, 0.3) is 0 Å². The number of hydrogen-bond donors (Lipinski definition) is 2. The Hall–Kier alpha value is -2.58. The maximum Gasteiger partial charge on any atom is 0.410 e. The van der Waals surface area contributed by atoms with E-state index in [9.17, 15) is 14.7 Å². The second-order valence-electron chi connectivity index (χ2n) is 6.85. The molecule has 0 aliphatic carbocycles. The van der Waals surface area contributed by atoms with Gasteiger partial charge < -0.3 is 14.7 Å². The van der Waals surface area contributed by atoms with Gasteiger partial charge in [-0.1, -0.05) is 54.7 Å². The minimum Gasteiger partial charge on any atom is -0.445 e. The number of hydrogen-bond acceptors (Lipinski definition) is 6. The highest BCUT2D eigenvalue weighted by molar-refractivity contribution is 8.14. The van der Waals surface area contributed by atoms with Crippen molar-refractivity contribution in [1.82, 2.24) is 15.1 Å². The van der Waals surface area contributed by atoms with Crippen molar-refractivity contribution < 1.29 is 19.4 Å². The summed E-state index contributed by atoms with van der Waals surface area (Å²) in [5.41, 5.74) is 2.48. The molecule has 3 rings (SSSR count). The van der Waals surface area contributed by atoms with Crippen LogP contribution in [0.5, 0.6) is 0 Å². The fraction of sp³-hybridized carbons (Fsp3) is 0.381. The molecular formula is C21H25N3O4S. The van der Waals surface area contributed by atoms with E-state index in [1.54, 1.807) is 23.2 Å². The van der Waals surface area contributed by atoms with Crippen LogP contribution in [0.15, 0.2) is 49.2 Å². The van der Waals surface area contributed by atoms with Gasteiger partial charge in [0.15, 0.2) is 0 Å². The molecule has 1 amide bonds. The fourth-order valence-electron chi connectivity index (χ4n) is 3.47. The molecule has 0 bridgehead atoms. The smallest absolute Gasteiger partial charge is 0.410 e. The Bertz CT molecular complexity index is 839. The normalized spacial score (nSPS) is 18.6. The predicted octanol–water partition coefficient (Wildman–Crippen LogP) is 2.83. The van der Waals surface area contributed by atoms with Crippen LogP contribution in [-0.4, -0.2) is 62.5 Å². The molecule has 7 nitrogen and oxygen atoms in total. The van der Waals surface area contributed by atoms with E-state index >= 15 is 0 Å². The van der Waals surface area contributed by atoms with Crippen LogP contribution in [0, 0.1) is 0 Å². The Labute approximate surface area is 174 Å². The number of carbonyl (C=O) groups excluding carboxylic acids is 2. The van der Waals surface area contributed by atoms with Crippen molar-refractivity contribution in [3.63, 3.8) is 0 Å². The highest BCUT2D eigenvalue weighted by Gasteiger charge is 2.38. The van der Waals surface area contributed by atoms with Gasteiger partial charge in [0.05, 0.1) is 6.20 Å².